The van der Waals surface area contributed by atoms with Crippen molar-refractivity contribution in [3.63, 3.8) is 0 Å². The maximum Gasteiger partial charge on any atom is 0.183 e. The third-order valence-electron chi connectivity index (χ3n) is 1.75. The molecule has 0 amide bonds. The molecule has 0 saturated carbocycles. The highest BCUT2D eigenvalue weighted by Gasteiger charge is 2.01. The number of aliphatic imine (C=N–C) groups is 1. The van der Waals surface area contributed by atoms with E-state index in [9.17, 15) is 4.39 Å². The van der Waals surface area contributed by atoms with Gasteiger partial charge >= 0.3 is 0 Å². The molecule has 0 aliphatic heterocycles. The molecular formula is C10H9ClFN3S. The zero-order chi connectivity index (χ0) is 12.0. The highest BCUT2D eigenvalue weighted by atomic mass is 35.5. The third-order valence-corrected chi connectivity index (χ3v) is 2.65. The Labute approximate surface area is 102 Å². The van der Waals surface area contributed by atoms with Crippen molar-refractivity contribution in [1.82, 2.24) is 5.32 Å². The maximum atomic E-state index is 12.9. The molecule has 1 rings (SSSR count). The van der Waals surface area contributed by atoms with E-state index in [0.29, 0.717) is 11.7 Å². The Morgan fingerprint density at radius 1 is 1.69 bits per heavy atom. The number of amidine groups is 1. The SMILES string of the molecule is CSC(=NCc1ccc(F)c(Cl)c1)NC#N. The van der Waals surface area contributed by atoms with E-state index in [1.165, 1.54) is 23.9 Å². The number of hydrogen-bond acceptors (Lipinski definition) is 3. The molecule has 0 atom stereocenters. The lowest BCUT2D eigenvalue weighted by atomic mass is 10.2. The third kappa shape index (κ3) is 3.72. The van der Waals surface area contributed by atoms with Gasteiger partial charge in [-0.05, 0) is 24.0 Å². The minimum absolute atomic E-state index is 0.0756. The van der Waals surface area contributed by atoms with Crippen LogP contribution in [0.15, 0.2) is 23.2 Å². The molecule has 1 aromatic rings. The summed E-state index contributed by atoms with van der Waals surface area (Å²) >= 11 is 6.96. The predicted octanol–water partition coefficient (Wildman–Crippen LogP) is 2.77. The van der Waals surface area contributed by atoms with Crippen molar-refractivity contribution < 1.29 is 4.39 Å². The maximum absolute atomic E-state index is 12.9. The summed E-state index contributed by atoms with van der Waals surface area (Å²) in [6, 6.07) is 4.42. The van der Waals surface area contributed by atoms with Crippen LogP contribution in [0.2, 0.25) is 5.02 Å². The zero-order valence-electron chi connectivity index (χ0n) is 8.50. The van der Waals surface area contributed by atoms with Crippen LogP contribution in [0.1, 0.15) is 5.56 Å². The second kappa shape index (κ2) is 6.36. The van der Waals surface area contributed by atoms with E-state index >= 15 is 0 Å². The Bertz CT molecular complexity index is 442. The lowest BCUT2D eigenvalue weighted by molar-refractivity contribution is 0.627. The average molecular weight is 258 g/mol. The monoisotopic (exact) mass is 257 g/mol. The van der Waals surface area contributed by atoms with Gasteiger partial charge in [0.05, 0.1) is 11.6 Å². The topological polar surface area (TPSA) is 48.2 Å². The van der Waals surface area contributed by atoms with Gasteiger partial charge in [-0.2, -0.15) is 5.26 Å². The quantitative estimate of drug-likeness (QED) is 0.384. The van der Waals surface area contributed by atoms with Gasteiger partial charge in [0.15, 0.2) is 11.4 Å². The number of benzene rings is 1. The molecule has 0 saturated heterocycles. The minimum Gasteiger partial charge on any atom is -0.272 e. The van der Waals surface area contributed by atoms with Gasteiger partial charge in [0.1, 0.15) is 5.82 Å². The molecule has 84 valence electrons. The van der Waals surface area contributed by atoms with Crippen LogP contribution in [-0.2, 0) is 6.54 Å². The average Bonchev–Trinajstić information content (AvgIpc) is 2.28. The molecule has 1 N–H and O–H groups in total. The Balaban J connectivity index is 2.73. The van der Waals surface area contributed by atoms with Gasteiger partial charge in [-0.1, -0.05) is 29.4 Å². The Morgan fingerprint density at radius 2 is 2.44 bits per heavy atom. The molecule has 0 spiro atoms. The second-order valence-corrected chi connectivity index (χ2v) is 4.01. The second-order valence-electron chi connectivity index (χ2n) is 2.81. The van der Waals surface area contributed by atoms with Crippen LogP contribution >= 0.6 is 23.4 Å². The molecule has 0 aromatic heterocycles. The van der Waals surface area contributed by atoms with Gasteiger partial charge in [-0.15, -0.1) is 0 Å². The summed E-state index contributed by atoms with van der Waals surface area (Å²) in [5.41, 5.74) is 0.790. The number of halogens is 2. The van der Waals surface area contributed by atoms with E-state index in [1.54, 1.807) is 18.5 Å². The van der Waals surface area contributed by atoms with E-state index in [2.05, 4.69) is 10.3 Å². The highest BCUT2D eigenvalue weighted by Crippen LogP contribution is 2.16. The van der Waals surface area contributed by atoms with Crippen LogP contribution in [0, 0.1) is 17.3 Å². The fraction of sp³-hybridized carbons (Fsp3) is 0.200. The van der Waals surface area contributed by atoms with Gasteiger partial charge in [-0.25, -0.2) is 4.39 Å². The molecule has 16 heavy (non-hydrogen) atoms. The first-order valence-corrected chi connectivity index (χ1v) is 5.95. The van der Waals surface area contributed by atoms with E-state index < -0.39 is 5.82 Å². The van der Waals surface area contributed by atoms with Gasteiger partial charge in [-0.3, -0.25) is 10.3 Å². The summed E-state index contributed by atoms with van der Waals surface area (Å²) in [7, 11) is 0. The summed E-state index contributed by atoms with van der Waals surface area (Å²) in [5.74, 6) is -0.449. The van der Waals surface area contributed by atoms with Crippen molar-refractivity contribution >= 4 is 28.5 Å². The van der Waals surface area contributed by atoms with Crippen LogP contribution in [0.5, 0.6) is 0 Å². The smallest absolute Gasteiger partial charge is 0.183 e. The van der Waals surface area contributed by atoms with Crippen molar-refractivity contribution in [2.75, 3.05) is 6.26 Å². The van der Waals surface area contributed by atoms with Gasteiger partial charge < -0.3 is 0 Å². The Morgan fingerprint density at radius 3 is 3.00 bits per heavy atom. The molecule has 0 heterocycles. The number of rotatable bonds is 2. The van der Waals surface area contributed by atoms with Crippen molar-refractivity contribution in [2.24, 2.45) is 4.99 Å². The van der Waals surface area contributed by atoms with Crippen LogP contribution in [0.3, 0.4) is 0 Å². The zero-order valence-corrected chi connectivity index (χ0v) is 10.1. The molecule has 0 aliphatic carbocycles. The lowest BCUT2D eigenvalue weighted by Crippen LogP contribution is -2.13. The van der Waals surface area contributed by atoms with E-state index in [0.717, 1.165) is 5.56 Å². The highest BCUT2D eigenvalue weighted by molar-refractivity contribution is 8.13. The van der Waals surface area contributed by atoms with Gasteiger partial charge in [0, 0.05) is 0 Å². The standard InChI is InChI=1S/C10H9ClFN3S/c1-16-10(15-6-13)14-5-7-2-3-9(12)8(11)4-7/h2-4H,5H2,1H3,(H,14,15). The van der Waals surface area contributed by atoms with Crippen LogP contribution < -0.4 is 5.32 Å². The molecule has 6 heteroatoms. The van der Waals surface area contributed by atoms with Crippen molar-refractivity contribution in [3.05, 3.63) is 34.6 Å². The lowest BCUT2D eigenvalue weighted by Gasteiger charge is -2.01. The van der Waals surface area contributed by atoms with E-state index in [4.69, 9.17) is 16.9 Å². The van der Waals surface area contributed by atoms with Crippen LogP contribution in [0.4, 0.5) is 4.39 Å². The fourth-order valence-electron chi connectivity index (χ4n) is 1.00. The van der Waals surface area contributed by atoms with Crippen LogP contribution in [0.25, 0.3) is 0 Å². The molecule has 0 aliphatic rings. The van der Waals surface area contributed by atoms with Crippen molar-refractivity contribution in [3.8, 4) is 6.19 Å². The summed E-state index contributed by atoms with van der Waals surface area (Å²) in [4.78, 5) is 4.14. The van der Waals surface area contributed by atoms with Crippen molar-refractivity contribution in [1.29, 1.82) is 5.26 Å². The number of nitriles is 1. The molecule has 3 nitrogen and oxygen atoms in total. The summed E-state index contributed by atoms with van der Waals surface area (Å²) in [6.07, 6.45) is 3.59. The first kappa shape index (κ1) is 12.8. The predicted molar refractivity (Wildman–Crippen MR) is 64.8 cm³/mol. The first-order valence-electron chi connectivity index (χ1n) is 4.35. The first-order chi connectivity index (χ1) is 7.67. The summed E-state index contributed by atoms with van der Waals surface area (Å²) in [5, 5.41) is 11.5. The molecule has 0 bridgehead atoms. The fourth-order valence-corrected chi connectivity index (χ4v) is 1.55. The molecule has 0 fully saturated rings. The number of hydrogen-bond donors (Lipinski definition) is 1. The summed E-state index contributed by atoms with van der Waals surface area (Å²) in [6.45, 7) is 0.352. The van der Waals surface area contributed by atoms with Gasteiger partial charge in [0.25, 0.3) is 0 Å². The van der Waals surface area contributed by atoms with E-state index in [1.807, 2.05) is 0 Å². The molecular weight excluding hydrogens is 249 g/mol. The van der Waals surface area contributed by atoms with Crippen LogP contribution in [-0.4, -0.2) is 11.4 Å². The number of nitrogens with zero attached hydrogens (tertiary/aromatic N) is 2. The Hall–Kier alpha value is -1.25. The number of thioether (sulfide) groups is 1. The van der Waals surface area contributed by atoms with Crippen molar-refractivity contribution in [2.45, 2.75) is 6.54 Å². The summed E-state index contributed by atoms with van der Waals surface area (Å²) < 4.78 is 12.9. The molecule has 0 radical (unpaired) electrons. The number of nitrogens with one attached hydrogen (secondary N) is 1. The molecule has 1 aromatic carbocycles. The van der Waals surface area contributed by atoms with E-state index in [-0.39, 0.29) is 5.02 Å². The Kier molecular flexibility index (Phi) is 5.09. The van der Waals surface area contributed by atoms with Gasteiger partial charge in [0.2, 0.25) is 0 Å². The largest absolute Gasteiger partial charge is 0.272 e. The minimum atomic E-state index is -0.449. The normalized spacial score (nSPS) is 11.0. The molecule has 0 unspecified atom stereocenters.